The molecule has 4 aromatic rings. The lowest BCUT2D eigenvalue weighted by atomic mass is 9.96. The number of carbonyl (C=O) groups is 1. The lowest BCUT2D eigenvalue weighted by Crippen LogP contribution is -2.24. The lowest BCUT2D eigenvalue weighted by Gasteiger charge is -2.20. The van der Waals surface area contributed by atoms with Crippen LogP contribution in [0.1, 0.15) is 31.7 Å². The number of rotatable bonds is 5. The molecule has 1 amide bonds. The van der Waals surface area contributed by atoms with Crippen LogP contribution in [0.15, 0.2) is 47.1 Å². The van der Waals surface area contributed by atoms with Crippen molar-refractivity contribution in [3.63, 3.8) is 0 Å². The van der Waals surface area contributed by atoms with E-state index in [0.29, 0.717) is 40.6 Å². The van der Waals surface area contributed by atoms with Gasteiger partial charge >= 0.3 is 0 Å². The Bertz CT molecular complexity index is 1380. The van der Waals surface area contributed by atoms with E-state index in [1.807, 2.05) is 35.8 Å². The first-order valence-electron chi connectivity index (χ1n) is 11.4. The van der Waals surface area contributed by atoms with Crippen molar-refractivity contribution in [2.75, 3.05) is 5.32 Å². The molecule has 0 bridgehead atoms. The predicted molar refractivity (Wildman–Crippen MR) is 121 cm³/mol. The summed E-state index contributed by atoms with van der Waals surface area (Å²) in [7, 11) is 0. The van der Waals surface area contributed by atoms with Gasteiger partial charge in [0.2, 0.25) is 17.7 Å². The van der Waals surface area contributed by atoms with Gasteiger partial charge in [0.15, 0.2) is 11.6 Å². The maximum atomic E-state index is 13.8. The van der Waals surface area contributed by atoms with Crippen molar-refractivity contribution >= 4 is 22.6 Å². The number of amides is 1. The first-order chi connectivity index (χ1) is 16.4. The highest BCUT2D eigenvalue weighted by molar-refractivity contribution is 5.93. The fourth-order valence-electron chi connectivity index (χ4n) is 5.69. The van der Waals surface area contributed by atoms with Gasteiger partial charge in [0, 0.05) is 42.3 Å². The van der Waals surface area contributed by atoms with Crippen molar-refractivity contribution in [2.24, 2.45) is 23.7 Å². The number of hydrogen-bond acceptors (Lipinski definition) is 5. The number of aromatic nitrogens is 4. The third-order valence-corrected chi connectivity index (χ3v) is 7.41. The molecule has 9 heteroatoms. The molecule has 34 heavy (non-hydrogen) atoms. The summed E-state index contributed by atoms with van der Waals surface area (Å²) in [5.74, 6) is 0.341. The topological polar surface area (TPSA) is 85.8 Å². The largest absolute Gasteiger partial charge is 0.421 e. The third kappa shape index (κ3) is 3.46. The van der Waals surface area contributed by atoms with E-state index in [1.54, 1.807) is 13.3 Å². The lowest BCUT2D eigenvalue weighted by molar-refractivity contribution is -0.120. The molecule has 0 aliphatic heterocycles. The highest BCUT2D eigenvalue weighted by Crippen LogP contribution is 2.64. The average molecular weight is 463 g/mol. The van der Waals surface area contributed by atoms with Gasteiger partial charge in [-0.15, -0.1) is 10.2 Å². The second kappa shape index (κ2) is 7.72. The first-order valence-corrected chi connectivity index (χ1v) is 11.4. The number of fused-ring (bicyclic) bond motifs is 2. The van der Waals surface area contributed by atoms with Crippen LogP contribution in [0.25, 0.3) is 22.5 Å². The molecule has 2 aliphatic rings. The summed E-state index contributed by atoms with van der Waals surface area (Å²) in [6.45, 7) is 3.72. The molecule has 7 nitrogen and oxygen atoms in total. The molecule has 2 aliphatic carbocycles. The average Bonchev–Trinajstić information content (AvgIpc) is 3.21. The van der Waals surface area contributed by atoms with Crippen LogP contribution < -0.4 is 5.32 Å². The zero-order valence-electron chi connectivity index (χ0n) is 18.7. The minimum absolute atomic E-state index is 0.00274. The summed E-state index contributed by atoms with van der Waals surface area (Å²) >= 11 is 0. The molecule has 2 aromatic carbocycles. The Labute approximate surface area is 194 Å². The Morgan fingerprint density at radius 1 is 1.12 bits per heavy atom. The number of nitrogens with one attached hydrogen (secondary N) is 1. The zero-order chi connectivity index (χ0) is 23.6. The Morgan fingerprint density at radius 2 is 1.82 bits per heavy atom. The predicted octanol–water partition coefficient (Wildman–Crippen LogP) is 5.14. The maximum Gasteiger partial charge on any atom is 0.247 e. The van der Waals surface area contributed by atoms with E-state index in [0.717, 1.165) is 30.2 Å². The SMILES string of the molecule is Cc1nnc(-c2ccc(NC(=O)[C@@H](C)[C@H]3[C@@H]4C[C@@H](n5cnc6cc(F)c(F)cc65)C[C@@H]43)cc2)o1. The number of benzene rings is 2. The smallest absolute Gasteiger partial charge is 0.247 e. The van der Waals surface area contributed by atoms with E-state index in [1.165, 1.54) is 6.07 Å². The van der Waals surface area contributed by atoms with Gasteiger partial charge in [-0.2, -0.15) is 0 Å². The van der Waals surface area contributed by atoms with Crippen LogP contribution in [-0.4, -0.2) is 25.7 Å². The van der Waals surface area contributed by atoms with Crippen LogP contribution in [0.5, 0.6) is 0 Å². The number of halogens is 2. The van der Waals surface area contributed by atoms with E-state index in [2.05, 4.69) is 20.5 Å². The van der Waals surface area contributed by atoms with E-state index < -0.39 is 11.6 Å². The van der Waals surface area contributed by atoms with E-state index in [-0.39, 0.29) is 17.9 Å². The molecule has 0 unspecified atom stereocenters. The van der Waals surface area contributed by atoms with E-state index in [4.69, 9.17) is 4.42 Å². The van der Waals surface area contributed by atoms with Crippen molar-refractivity contribution in [2.45, 2.75) is 32.7 Å². The minimum Gasteiger partial charge on any atom is -0.421 e. The van der Waals surface area contributed by atoms with Gasteiger partial charge in [-0.05, 0) is 54.9 Å². The molecule has 2 heterocycles. The second-order valence-electron chi connectivity index (χ2n) is 9.42. The fraction of sp³-hybridized carbons (Fsp3) is 0.360. The van der Waals surface area contributed by atoms with Gasteiger partial charge in [-0.25, -0.2) is 13.8 Å². The van der Waals surface area contributed by atoms with Crippen LogP contribution in [0.4, 0.5) is 14.5 Å². The Balaban J connectivity index is 1.08. The molecular formula is C25H23F2N5O2. The van der Waals surface area contributed by atoms with Crippen LogP contribution in [0.2, 0.25) is 0 Å². The van der Waals surface area contributed by atoms with Gasteiger partial charge in [-0.3, -0.25) is 4.79 Å². The quantitative estimate of drug-likeness (QED) is 0.443. The Hall–Kier alpha value is -3.62. The number of anilines is 1. The maximum absolute atomic E-state index is 13.8. The first kappa shape index (κ1) is 20.9. The molecule has 0 saturated heterocycles. The normalized spacial score (nSPS) is 24.2. The van der Waals surface area contributed by atoms with Crippen molar-refractivity contribution in [3.05, 3.63) is 60.3 Å². The Morgan fingerprint density at radius 3 is 2.50 bits per heavy atom. The molecule has 0 radical (unpaired) electrons. The highest BCUT2D eigenvalue weighted by Gasteiger charge is 2.59. The van der Waals surface area contributed by atoms with Crippen molar-refractivity contribution in [1.29, 1.82) is 0 Å². The van der Waals surface area contributed by atoms with Gasteiger partial charge in [0.25, 0.3) is 0 Å². The van der Waals surface area contributed by atoms with E-state index >= 15 is 0 Å². The monoisotopic (exact) mass is 463 g/mol. The number of nitrogens with zero attached hydrogens (tertiary/aromatic N) is 4. The summed E-state index contributed by atoms with van der Waals surface area (Å²) in [4.78, 5) is 17.1. The molecule has 0 spiro atoms. The number of imidazole rings is 1. The molecule has 2 fully saturated rings. The number of aryl methyl sites for hydroxylation is 1. The molecule has 174 valence electrons. The van der Waals surface area contributed by atoms with Crippen molar-refractivity contribution in [3.8, 4) is 11.5 Å². The zero-order valence-corrected chi connectivity index (χ0v) is 18.7. The molecular weight excluding hydrogens is 440 g/mol. The van der Waals surface area contributed by atoms with Gasteiger partial charge in [-0.1, -0.05) is 6.92 Å². The summed E-state index contributed by atoms with van der Waals surface area (Å²) in [5.41, 5.74) is 2.60. The van der Waals surface area contributed by atoms with Gasteiger partial charge in [0.05, 0.1) is 17.4 Å². The molecule has 1 N–H and O–H groups in total. The summed E-state index contributed by atoms with van der Waals surface area (Å²) in [5, 5.41) is 10.8. The number of carbonyl (C=O) groups excluding carboxylic acids is 1. The van der Waals surface area contributed by atoms with E-state index in [9.17, 15) is 13.6 Å². The van der Waals surface area contributed by atoms with Crippen LogP contribution >= 0.6 is 0 Å². The summed E-state index contributed by atoms with van der Waals surface area (Å²) < 4.78 is 34.6. The molecule has 5 atom stereocenters. The second-order valence-corrected chi connectivity index (χ2v) is 9.42. The highest BCUT2D eigenvalue weighted by atomic mass is 19.2. The summed E-state index contributed by atoms with van der Waals surface area (Å²) in [6, 6.07) is 9.89. The standard InChI is InChI=1S/C25H23F2N5O2/c1-12(24(33)29-15-5-3-14(4-6-15)25-31-30-13(2)34-25)23-17-7-16(8-18(17)23)32-11-28-21-9-19(26)20(27)10-22(21)32/h3-6,9-12,16-18,23H,7-8H2,1-2H3,(H,29,33)/t12-,16-,17-,18+,23+/m0/s1. The van der Waals surface area contributed by atoms with Gasteiger partial charge < -0.3 is 14.3 Å². The third-order valence-electron chi connectivity index (χ3n) is 7.41. The van der Waals surface area contributed by atoms with Crippen molar-refractivity contribution in [1.82, 2.24) is 19.7 Å². The fourth-order valence-corrected chi connectivity index (χ4v) is 5.69. The minimum atomic E-state index is -0.883. The number of hydrogen-bond donors (Lipinski definition) is 1. The molecule has 2 aromatic heterocycles. The van der Waals surface area contributed by atoms with Crippen molar-refractivity contribution < 1.29 is 18.0 Å². The van der Waals surface area contributed by atoms with Crippen LogP contribution in [0, 0.1) is 42.2 Å². The van der Waals surface area contributed by atoms with Crippen LogP contribution in [-0.2, 0) is 4.79 Å². The molecule has 2 saturated carbocycles. The van der Waals surface area contributed by atoms with Gasteiger partial charge in [0.1, 0.15) is 0 Å². The summed E-state index contributed by atoms with van der Waals surface area (Å²) in [6.07, 6.45) is 3.49. The van der Waals surface area contributed by atoms with Crippen LogP contribution in [0.3, 0.4) is 0 Å². The molecule has 6 rings (SSSR count). The Kier molecular flexibility index (Phi) is 4.75.